The maximum Gasteiger partial charge on any atom is 0.418 e. The lowest BCUT2D eigenvalue weighted by Crippen LogP contribution is -2.50. The summed E-state index contributed by atoms with van der Waals surface area (Å²) in [6.07, 6.45) is -0.954. The van der Waals surface area contributed by atoms with Crippen LogP contribution in [-0.2, 0) is 6.18 Å². The molecule has 0 radical (unpaired) electrons. The number of ether oxygens (including phenoxy) is 1. The Bertz CT molecular complexity index is 1390. The van der Waals surface area contributed by atoms with Crippen LogP contribution >= 0.6 is 11.6 Å². The Hall–Kier alpha value is -2.89. The Kier molecular flexibility index (Phi) is 7.28. The van der Waals surface area contributed by atoms with Crippen molar-refractivity contribution in [3.8, 4) is 17.3 Å². The molecule has 1 saturated carbocycles. The van der Waals surface area contributed by atoms with E-state index >= 15 is 0 Å². The molecule has 0 amide bonds. The monoisotopic (exact) mass is 563 g/mol. The van der Waals surface area contributed by atoms with Crippen molar-refractivity contribution in [1.82, 2.24) is 25.2 Å². The van der Waals surface area contributed by atoms with Crippen LogP contribution in [0.25, 0.3) is 22.2 Å². The van der Waals surface area contributed by atoms with E-state index in [1.807, 2.05) is 19.0 Å². The summed E-state index contributed by atoms with van der Waals surface area (Å²) in [6.45, 7) is 5.67. The van der Waals surface area contributed by atoms with Crippen LogP contribution < -0.4 is 20.7 Å². The molecule has 3 N–H and O–H groups in total. The zero-order chi connectivity index (χ0) is 28.1. The van der Waals surface area contributed by atoms with E-state index in [1.54, 1.807) is 6.07 Å². The maximum atomic E-state index is 14.1. The summed E-state index contributed by atoms with van der Waals surface area (Å²) < 4.78 is 48.9. The van der Waals surface area contributed by atoms with Gasteiger partial charge in [0.1, 0.15) is 11.6 Å². The highest BCUT2D eigenvalue weighted by atomic mass is 35.5. The first-order valence-corrected chi connectivity index (χ1v) is 13.5. The van der Waals surface area contributed by atoms with Crippen molar-refractivity contribution >= 4 is 34.1 Å². The fourth-order valence-electron chi connectivity index (χ4n) is 5.70. The molecule has 1 atom stereocenters. The number of aryl methyl sites for hydroxylation is 1. The fraction of sp³-hybridized carbons (Fsp3) is 0.519. The van der Waals surface area contributed by atoms with Crippen molar-refractivity contribution in [2.45, 2.75) is 57.5 Å². The van der Waals surface area contributed by atoms with Gasteiger partial charge in [-0.15, -0.1) is 0 Å². The number of nitrogens with two attached hydrogens (primary N) is 1. The van der Waals surface area contributed by atoms with Crippen LogP contribution in [0.2, 0.25) is 5.02 Å². The third-order valence-electron chi connectivity index (χ3n) is 7.77. The number of hydrogen-bond donors (Lipinski definition) is 2. The third-order valence-corrected chi connectivity index (χ3v) is 8.09. The molecule has 0 bridgehead atoms. The summed E-state index contributed by atoms with van der Waals surface area (Å²) in [5.41, 5.74) is 4.61. The van der Waals surface area contributed by atoms with Gasteiger partial charge in [-0.2, -0.15) is 23.1 Å². The van der Waals surface area contributed by atoms with Gasteiger partial charge in [0.15, 0.2) is 5.72 Å². The second-order valence-corrected chi connectivity index (χ2v) is 11.1. The average molecular weight is 564 g/mol. The van der Waals surface area contributed by atoms with E-state index < -0.39 is 17.5 Å². The number of aromatic nitrogens is 3. The Labute approximate surface area is 230 Å². The van der Waals surface area contributed by atoms with Crippen LogP contribution in [0.15, 0.2) is 18.2 Å². The van der Waals surface area contributed by atoms with Gasteiger partial charge in [0.25, 0.3) is 0 Å². The van der Waals surface area contributed by atoms with Gasteiger partial charge in [-0.3, -0.25) is 4.90 Å². The minimum atomic E-state index is -4.65. The number of hydrogen-bond acceptors (Lipinski definition) is 8. The number of halogens is 4. The van der Waals surface area contributed by atoms with Gasteiger partial charge in [0, 0.05) is 49.5 Å². The van der Waals surface area contributed by atoms with E-state index in [-0.39, 0.29) is 39.7 Å². The summed E-state index contributed by atoms with van der Waals surface area (Å²) in [7, 11) is 3.94. The molecule has 39 heavy (non-hydrogen) atoms. The van der Waals surface area contributed by atoms with Crippen molar-refractivity contribution in [2.75, 3.05) is 44.4 Å². The molecule has 1 aromatic carbocycles. The molecule has 1 aliphatic carbocycles. The van der Waals surface area contributed by atoms with Crippen LogP contribution in [-0.4, -0.2) is 65.3 Å². The first-order chi connectivity index (χ1) is 18.4. The van der Waals surface area contributed by atoms with E-state index in [0.29, 0.717) is 23.3 Å². The summed E-state index contributed by atoms with van der Waals surface area (Å²) in [5, 5.41) is 4.11. The lowest BCUT2D eigenvalue weighted by Gasteiger charge is -2.37. The highest BCUT2D eigenvalue weighted by molar-refractivity contribution is 6.34. The fourth-order valence-corrected chi connectivity index (χ4v) is 5.96. The topological polar surface area (TPSA) is 92.4 Å². The average Bonchev–Trinajstić information content (AvgIpc) is 3.32. The van der Waals surface area contributed by atoms with Gasteiger partial charge in [0.05, 0.1) is 21.8 Å². The second kappa shape index (κ2) is 10.3. The first kappa shape index (κ1) is 27.7. The normalized spacial score (nSPS) is 19.7. The molecule has 3 heterocycles. The van der Waals surface area contributed by atoms with Crippen molar-refractivity contribution in [1.29, 1.82) is 0 Å². The molecule has 0 unspecified atom stereocenters. The number of nitrogens with one attached hydrogen (secondary N) is 1. The van der Waals surface area contributed by atoms with Crippen LogP contribution in [0.1, 0.15) is 43.7 Å². The van der Waals surface area contributed by atoms with Crippen LogP contribution in [0.3, 0.4) is 0 Å². The number of benzene rings is 1. The number of fused-ring (bicyclic) bond motifs is 1. The van der Waals surface area contributed by atoms with Gasteiger partial charge < -0.3 is 20.7 Å². The van der Waals surface area contributed by atoms with E-state index in [9.17, 15) is 13.2 Å². The SMILES string of the molecule is Cc1cc(N)nc(-c2cc3nc(OC4(N(C)C)CCCC4)nc(N4CCNC[C@@H]4C)c3cc2Cl)c1C(F)(F)F. The number of nitrogens with zero attached hydrogens (tertiary/aromatic N) is 5. The zero-order valence-electron chi connectivity index (χ0n) is 22.5. The van der Waals surface area contributed by atoms with Gasteiger partial charge >= 0.3 is 12.2 Å². The maximum absolute atomic E-state index is 14.1. The highest BCUT2D eigenvalue weighted by Gasteiger charge is 2.40. The Morgan fingerprint density at radius 2 is 1.87 bits per heavy atom. The number of anilines is 2. The molecular weight excluding hydrogens is 531 g/mol. The van der Waals surface area contributed by atoms with Crippen molar-refractivity contribution in [3.63, 3.8) is 0 Å². The van der Waals surface area contributed by atoms with Crippen molar-refractivity contribution < 1.29 is 17.9 Å². The summed E-state index contributed by atoms with van der Waals surface area (Å²) in [6, 6.07) is 4.67. The van der Waals surface area contributed by atoms with Crippen molar-refractivity contribution in [2.24, 2.45) is 0 Å². The summed E-state index contributed by atoms with van der Waals surface area (Å²) >= 11 is 6.68. The number of alkyl halides is 3. The quantitative estimate of drug-likeness (QED) is 0.406. The third kappa shape index (κ3) is 5.19. The molecule has 3 aromatic rings. The molecule has 1 saturated heterocycles. The molecule has 210 valence electrons. The molecule has 2 fully saturated rings. The molecule has 0 spiro atoms. The summed E-state index contributed by atoms with van der Waals surface area (Å²) in [5.74, 6) is 0.611. The second-order valence-electron chi connectivity index (χ2n) is 10.7. The van der Waals surface area contributed by atoms with E-state index in [1.165, 1.54) is 19.1 Å². The number of nitrogen functional groups attached to an aromatic ring is 1. The first-order valence-electron chi connectivity index (χ1n) is 13.1. The molecular formula is C27H33ClF3N7O. The molecule has 2 aliphatic rings. The van der Waals surface area contributed by atoms with Crippen LogP contribution in [0, 0.1) is 6.92 Å². The molecule has 1 aliphatic heterocycles. The molecule has 12 heteroatoms. The van der Waals surface area contributed by atoms with Crippen LogP contribution in [0.4, 0.5) is 24.8 Å². The van der Waals surface area contributed by atoms with Crippen LogP contribution in [0.5, 0.6) is 6.01 Å². The number of piperazine rings is 1. The van der Waals surface area contributed by atoms with Gasteiger partial charge in [-0.25, -0.2) is 4.98 Å². The Morgan fingerprint density at radius 3 is 2.51 bits per heavy atom. The Balaban J connectivity index is 1.73. The zero-order valence-corrected chi connectivity index (χ0v) is 23.2. The predicted octanol–water partition coefficient (Wildman–Crippen LogP) is 5.26. The van der Waals surface area contributed by atoms with Gasteiger partial charge in [0.2, 0.25) is 0 Å². The van der Waals surface area contributed by atoms with Crippen molar-refractivity contribution in [3.05, 3.63) is 34.3 Å². The lowest BCUT2D eigenvalue weighted by molar-refractivity contribution is -0.137. The van der Waals surface area contributed by atoms with E-state index in [0.717, 1.165) is 38.8 Å². The van der Waals surface area contributed by atoms with Gasteiger partial charge in [-0.05, 0) is 64.5 Å². The molecule has 2 aromatic heterocycles. The standard InChI is InChI=1S/C27H33ClF3N7O/c1-15-11-21(32)35-23(22(15)27(29,30)31)17-13-20-18(12-19(17)28)24(38-10-9-33-14-16(38)2)36-25(34-20)39-26(37(3)4)7-5-6-8-26/h11-13,16,33H,5-10,14H2,1-4H3,(H2,32,35)/t16-/m0/s1. The van der Waals surface area contributed by atoms with E-state index in [2.05, 4.69) is 22.1 Å². The van der Waals surface area contributed by atoms with Gasteiger partial charge in [-0.1, -0.05) is 11.6 Å². The lowest BCUT2D eigenvalue weighted by atomic mass is 9.99. The molecule has 5 rings (SSSR count). The predicted molar refractivity (Wildman–Crippen MR) is 147 cm³/mol. The summed E-state index contributed by atoms with van der Waals surface area (Å²) in [4.78, 5) is 17.8. The molecule has 8 nitrogen and oxygen atoms in total. The number of rotatable bonds is 5. The highest BCUT2D eigenvalue weighted by Crippen LogP contribution is 2.43. The Morgan fingerprint density at radius 1 is 1.15 bits per heavy atom. The largest absolute Gasteiger partial charge is 0.441 e. The number of pyridine rings is 1. The smallest absolute Gasteiger partial charge is 0.418 e. The minimum Gasteiger partial charge on any atom is -0.441 e. The minimum absolute atomic E-state index is 0.0251. The van der Waals surface area contributed by atoms with E-state index in [4.69, 9.17) is 32.0 Å².